The van der Waals surface area contributed by atoms with Gasteiger partial charge in [-0.25, -0.2) is 0 Å². The summed E-state index contributed by atoms with van der Waals surface area (Å²) in [5.74, 6) is 0. The molecule has 0 aromatic carbocycles. The van der Waals surface area contributed by atoms with Crippen molar-refractivity contribution >= 4 is 50.2 Å². The fourth-order valence-electron chi connectivity index (χ4n) is 1.88. The van der Waals surface area contributed by atoms with E-state index in [0.29, 0.717) is 0 Å². The van der Waals surface area contributed by atoms with Crippen LogP contribution >= 0.6 is 50.2 Å². The summed E-state index contributed by atoms with van der Waals surface area (Å²) in [6.07, 6.45) is 1.13. The van der Waals surface area contributed by atoms with E-state index in [2.05, 4.69) is 54.2 Å². The van der Waals surface area contributed by atoms with Gasteiger partial charge in [0, 0.05) is 9.75 Å². The number of rotatable bonds is 5. The SMILES string of the molecule is CCCNC(c1cc(C)c(Cl)s1)c1cc(C)c(Br)s1. The van der Waals surface area contributed by atoms with Gasteiger partial charge in [0.1, 0.15) is 0 Å². The summed E-state index contributed by atoms with van der Waals surface area (Å²) in [6.45, 7) is 7.39. The maximum Gasteiger partial charge on any atom is 0.0961 e. The molecule has 2 rings (SSSR count). The van der Waals surface area contributed by atoms with Crippen molar-refractivity contribution in [1.29, 1.82) is 0 Å². The van der Waals surface area contributed by atoms with Crippen LogP contribution in [-0.2, 0) is 0 Å². The highest BCUT2D eigenvalue weighted by Gasteiger charge is 2.19. The average molecular weight is 379 g/mol. The molecule has 0 spiro atoms. The second-order valence-corrected chi connectivity index (χ2v) is 8.69. The number of hydrogen-bond donors (Lipinski definition) is 1. The first kappa shape index (κ1) is 15.5. The van der Waals surface area contributed by atoms with Gasteiger partial charge in [0.05, 0.1) is 14.2 Å². The molecule has 0 aliphatic heterocycles. The van der Waals surface area contributed by atoms with E-state index in [1.807, 2.05) is 0 Å². The summed E-state index contributed by atoms with van der Waals surface area (Å²) < 4.78 is 2.11. The van der Waals surface area contributed by atoms with Crippen LogP contribution in [0.3, 0.4) is 0 Å². The lowest BCUT2D eigenvalue weighted by atomic mass is 10.1. The van der Waals surface area contributed by atoms with Crippen molar-refractivity contribution < 1.29 is 0 Å². The number of thiophene rings is 2. The van der Waals surface area contributed by atoms with E-state index in [1.54, 1.807) is 22.7 Å². The molecule has 1 N–H and O–H groups in total. The van der Waals surface area contributed by atoms with Gasteiger partial charge in [-0.2, -0.15) is 0 Å². The van der Waals surface area contributed by atoms with Crippen molar-refractivity contribution in [2.45, 2.75) is 33.2 Å². The molecule has 0 aliphatic rings. The largest absolute Gasteiger partial charge is 0.305 e. The summed E-state index contributed by atoms with van der Waals surface area (Å²) in [7, 11) is 0. The zero-order valence-corrected chi connectivity index (χ0v) is 15.2. The molecule has 2 aromatic heterocycles. The summed E-state index contributed by atoms with van der Waals surface area (Å²) in [6, 6.07) is 4.71. The number of hydrogen-bond acceptors (Lipinski definition) is 3. The fraction of sp³-hybridized carbons (Fsp3) is 0.429. The van der Waals surface area contributed by atoms with Crippen molar-refractivity contribution in [3.05, 3.63) is 41.1 Å². The molecule has 0 radical (unpaired) electrons. The Hall–Kier alpha value is 0.130. The number of aryl methyl sites for hydroxylation is 2. The van der Waals surface area contributed by atoms with Crippen molar-refractivity contribution in [3.8, 4) is 0 Å². The predicted molar refractivity (Wildman–Crippen MR) is 91.0 cm³/mol. The molecular weight excluding hydrogens is 362 g/mol. The zero-order chi connectivity index (χ0) is 14.0. The smallest absolute Gasteiger partial charge is 0.0961 e. The second-order valence-electron chi connectivity index (χ2n) is 4.60. The van der Waals surface area contributed by atoms with E-state index in [-0.39, 0.29) is 6.04 Å². The third-order valence-corrected chi connectivity index (χ3v) is 6.74. The topological polar surface area (TPSA) is 12.0 Å². The lowest BCUT2D eigenvalue weighted by molar-refractivity contribution is 0.613. The third-order valence-electron chi connectivity index (χ3n) is 2.92. The van der Waals surface area contributed by atoms with Crippen molar-refractivity contribution in [3.63, 3.8) is 0 Å². The minimum absolute atomic E-state index is 0.256. The van der Waals surface area contributed by atoms with Crippen LogP contribution in [0.4, 0.5) is 0 Å². The monoisotopic (exact) mass is 377 g/mol. The molecule has 0 aliphatic carbocycles. The molecule has 1 unspecified atom stereocenters. The molecule has 19 heavy (non-hydrogen) atoms. The lowest BCUT2D eigenvalue weighted by Gasteiger charge is -2.15. The van der Waals surface area contributed by atoms with Crippen LogP contribution < -0.4 is 5.32 Å². The summed E-state index contributed by atoms with van der Waals surface area (Å²) in [5.41, 5.74) is 2.46. The molecular formula is C14H17BrClNS2. The van der Waals surface area contributed by atoms with E-state index in [1.165, 1.54) is 19.1 Å². The Bertz CT molecular complexity index is 477. The van der Waals surface area contributed by atoms with Crippen molar-refractivity contribution in [2.24, 2.45) is 0 Å². The van der Waals surface area contributed by atoms with Gasteiger partial charge in [-0.3, -0.25) is 0 Å². The van der Waals surface area contributed by atoms with E-state index >= 15 is 0 Å². The van der Waals surface area contributed by atoms with Crippen LogP contribution in [0.15, 0.2) is 15.9 Å². The van der Waals surface area contributed by atoms with E-state index in [4.69, 9.17) is 11.6 Å². The van der Waals surface area contributed by atoms with Crippen LogP contribution in [0.5, 0.6) is 0 Å². The van der Waals surface area contributed by atoms with Crippen molar-refractivity contribution in [1.82, 2.24) is 5.32 Å². The Balaban J connectivity index is 2.34. The Labute approximate surface area is 136 Å². The Morgan fingerprint density at radius 3 is 2.32 bits per heavy atom. The Morgan fingerprint density at radius 1 is 1.21 bits per heavy atom. The zero-order valence-electron chi connectivity index (χ0n) is 11.2. The minimum atomic E-state index is 0.256. The molecule has 0 fully saturated rings. The van der Waals surface area contributed by atoms with Gasteiger partial charge in [0.25, 0.3) is 0 Å². The Morgan fingerprint density at radius 2 is 1.84 bits per heavy atom. The minimum Gasteiger partial charge on any atom is -0.305 e. The first-order valence-corrected chi connectivity index (χ1v) is 9.08. The van der Waals surface area contributed by atoms with E-state index in [0.717, 1.165) is 22.9 Å². The molecule has 2 heterocycles. The normalized spacial score (nSPS) is 12.9. The quantitative estimate of drug-likeness (QED) is 0.679. The van der Waals surface area contributed by atoms with Gasteiger partial charge in [-0.1, -0.05) is 18.5 Å². The maximum absolute atomic E-state index is 6.22. The summed E-state index contributed by atoms with van der Waals surface area (Å²) in [5, 5.41) is 3.62. The van der Waals surface area contributed by atoms with Crippen LogP contribution in [0, 0.1) is 13.8 Å². The molecule has 2 aromatic rings. The molecule has 1 atom stereocenters. The van der Waals surface area contributed by atoms with Crippen LogP contribution in [0.2, 0.25) is 4.34 Å². The molecule has 5 heteroatoms. The molecule has 0 bridgehead atoms. The maximum atomic E-state index is 6.22. The van der Waals surface area contributed by atoms with Crippen LogP contribution in [-0.4, -0.2) is 6.54 Å². The average Bonchev–Trinajstić information content (AvgIpc) is 2.85. The molecule has 0 amide bonds. The van der Waals surface area contributed by atoms with E-state index in [9.17, 15) is 0 Å². The highest BCUT2D eigenvalue weighted by molar-refractivity contribution is 9.11. The first-order valence-electron chi connectivity index (χ1n) is 6.28. The fourth-order valence-corrected chi connectivity index (χ4v) is 4.93. The Kier molecular flexibility index (Phi) is 5.49. The molecule has 1 nitrogen and oxygen atoms in total. The van der Waals surface area contributed by atoms with Crippen LogP contribution in [0.1, 0.15) is 40.3 Å². The lowest BCUT2D eigenvalue weighted by Crippen LogP contribution is -2.21. The highest BCUT2D eigenvalue weighted by atomic mass is 79.9. The second kappa shape index (κ2) is 6.72. The molecule has 104 valence electrons. The summed E-state index contributed by atoms with van der Waals surface area (Å²) in [4.78, 5) is 2.64. The van der Waals surface area contributed by atoms with E-state index < -0.39 is 0 Å². The van der Waals surface area contributed by atoms with Gasteiger partial charge in [-0.05, 0) is 66.0 Å². The highest BCUT2D eigenvalue weighted by Crippen LogP contribution is 2.38. The van der Waals surface area contributed by atoms with Gasteiger partial charge in [-0.15, -0.1) is 22.7 Å². The van der Waals surface area contributed by atoms with Crippen LogP contribution in [0.25, 0.3) is 0 Å². The third kappa shape index (κ3) is 3.61. The van der Waals surface area contributed by atoms with Gasteiger partial charge >= 0.3 is 0 Å². The number of halogens is 2. The molecule has 0 saturated heterocycles. The molecule has 0 saturated carbocycles. The number of nitrogens with one attached hydrogen (secondary N) is 1. The van der Waals surface area contributed by atoms with Gasteiger partial charge in [0.2, 0.25) is 0 Å². The standard InChI is InChI=1S/C14H17BrClNS2/c1-4-5-17-12(10-6-8(2)13(15)18-10)11-7-9(3)14(16)19-11/h6-7,12,17H,4-5H2,1-3H3. The first-order chi connectivity index (χ1) is 9.02. The summed E-state index contributed by atoms with van der Waals surface area (Å²) >= 11 is 13.3. The van der Waals surface area contributed by atoms with Crippen molar-refractivity contribution in [2.75, 3.05) is 6.54 Å². The van der Waals surface area contributed by atoms with Gasteiger partial charge < -0.3 is 5.32 Å². The predicted octanol–water partition coefficient (Wildman–Crippen LogP) is 5.93. The van der Waals surface area contributed by atoms with Gasteiger partial charge in [0.15, 0.2) is 0 Å².